The molecule has 0 aliphatic carbocycles. The molecular weight excluding hydrogens is 380 g/mol. The lowest BCUT2D eigenvalue weighted by Crippen LogP contribution is -3.19. The fraction of sp³-hybridized carbons (Fsp3) is 0.435. The summed E-state index contributed by atoms with van der Waals surface area (Å²) in [5, 5.41) is 13.1. The number of phenols is 1. The number of carbonyl (C=O) groups is 1. The van der Waals surface area contributed by atoms with Crippen LogP contribution in [0, 0.1) is 0 Å². The van der Waals surface area contributed by atoms with Crippen LogP contribution in [0.5, 0.6) is 5.75 Å². The number of anilines is 3. The Morgan fingerprint density at radius 3 is 2.33 bits per heavy atom. The van der Waals surface area contributed by atoms with E-state index in [-0.39, 0.29) is 11.9 Å². The third-order valence-electron chi connectivity index (χ3n) is 6.14. The average molecular weight is 412 g/mol. The van der Waals surface area contributed by atoms with Crippen molar-refractivity contribution in [3.63, 3.8) is 0 Å². The second kappa shape index (κ2) is 9.36. The fourth-order valence-corrected chi connectivity index (χ4v) is 4.21. The summed E-state index contributed by atoms with van der Waals surface area (Å²) in [5.41, 5.74) is 2.86. The number of nitrogens with zero attached hydrogens (tertiary/aromatic N) is 2. The Morgan fingerprint density at radius 1 is 1.00 bits per heavy atom. The minimum Gasteiger partial charge on any atom is -0.506 e. The van der Waals surface area contributed by atoms with Gasteiger partial charge in [0.1, 0.15) is 5.75 Å². The molecule has 0 bridgehead atoms. The molecule has 30 heavy (non-hydrogen) atoms. The quantitative estimate of drug-likeness (QED) is 0.684. The maximum Gasteiger partial charge on any atom is 0.282 e. The molecule has 2 aliphatic heterocycles. The number of piperazine rings is 1. The van der Waals surface area contributed by atoms with Crippen molar-refractivity contribution in [2.45, 2.75) is 13.0 Å². The lowest BCUT2D eigenvalue weighted by atomic mass is 10.1. The summed E-state index contributed by atoms with van der Waals surface area (Å²) in [7, 11) is 0. The lowest BCUT2D eigenvalue weighted by Gasteiger charge is -2.36. The standard InChI is InChI=1S/C23H30N4O3/c1-18(25-10-12-27(13-11-25)21-4-2-3-5-22(21)28)23(29)24-19-6-8-20(9-7-19)26-14-16-30-17-15-26/h2-9,18,28H,10-17H2,1H3,(H,24,29)/p+1/t18-/m0/s1. The molecule has 0 radical (unpaired) electrons. The van der Waals surface area contributed by atoms with Crippen LogP contribution in [0.3, 0.4) is 0 Å². The monoisotopic (exact) mass is 411 g/mol. The minimum absolute atomic E-state index is 0.0418. The molecule has 0 unspecified atom stereocenters. The summed E-state index contributed by atoms with van der Waals surface area (Å²) >= 11 is 0. The van der Waals surface area contributed by atoms with Gasteiger partial charge in [0.05, 0.1) is 45.1 Å². The van der Waals surface area contributed by atoms with Gasteiger partial charge in [0, 0.05) is 24.5 Å². The number of quaternary nitrogens is 1. The van der Waals surface area contributed by atoms with Crippen LogP contribution in [0.4, 0.5) is 17.1 Å². The molecule has 2 heterocycles. The third-order valence-corrected chi connectivity index (χ3v) is 6.14. The number of benzene rings is 2. The largest absolute Gasteiger partial charge is 0.506 e. The number of nitrogens with one attached hydrogen (secondary N) is 2. The summed E-state index contributed by atoms with van der Waals surface area (Å²) in [6.07, 6.45) is 0. The van der Waals surface area contributed by atoms with Crippen molar-refractivity contribution < 1.29 is 19.5 Å². The molecule has 2 aromatic rings. The van der Waals surface area contributed by atoms with Crippen molar-refractivity contribution in [1.29, 1.82) is 0 Å². The van der Waals surface area contributed by atoms with E-state index in [0.29, 0.717) is 5.75 Å². The number of aromatic hydroxyl groups is 1. The van der Waals surface area contributed by atoms with Gasteiger partial charge < -0.3 is 29.9 Å². The van der Waals surface area contributed by atoms with E-state index >= 15 is 0 Å². The SMILES string of the molecule is C[C@@H](C(=O)Nc1ccc(N2CCOCC2)cc1)[NH+]1CCN(c2ccccc2O)CC1. The molecule has 0 spiro atoms. The van der Waals surface area contributed by atoms with Crippen molar-refractivity contribution in [1.82, 2.24) is 0 Å². The van der Waals surface area contributed by atoms with E-state index in [9.17, 15) is 9.90 Å². The minimum atomic E-state index is -0.129. The Morgan fingerprint density at radius 2 is 1.67 bits per heavy atom. The number of amides is 1. The summed E-state index contributed by atoms with van der Waals surface area (Å²) in [6.45, 7) is 8.67. The molecule has 2 aromatic carbocycles. The van der Waals surface area contributed by atoms with Gasteiger partial charge in [-0.3, -0.25) is 4.79 Å². The molecule has 1 amide bonds. The molecule has 0 aromatic heterocycles. The highest BCUT2D eigenvalue weighted by atomic mass is 16.5. The molecule has 2 aliphatic rings. The maximum absolute atomic E-state index is 12.8. The smallest absolute Gasteiger partial charge is 0.282 e. The zero-order valence-corrected chi connectivity index (χ0v) is 17.5. The van der Waals surface area contributed by atoms with Crippen LogP contribution >= 0.6 is 0 Å². The van der Waals surface area contributed by atoms with Crippen molar-refractivity contribution in [2.75, 3.05) is 67.6 Å². The van der Waals surface area contributed by atoms with Gasteiger partial charge in [-0.05, 0) is 43.3 Å². The molecule has 160 valence electrons. The van der Waals surface area contributed by atoms with Crippen molar-refractivity contribution in [3.8, 4) is 5.75 Å². The number of hydrogen-bond donors (Lipinski definition) is 3. The van der Waals surface area contributed by atoms with Crippen molar-refractivity contribution in [2.24, 2.45) is 0 Å². The zero-order chi connectivity index (χ0) is 20.9. The van der Waals surface area contributed by atoms with Crippen LogP contribution < -0.4 is 20.0 Å². The summed E-state index contributed by atoms with van der Waals surface area (Å²) in [6, 6.07) is 15.4. The highest BCUT2D eigenvalue weighted by Gasteiger charge is 2.30. The van der Waals surface area contributed by atoms with E-state index < -0.39 is 0 Å². The highest BCUT2D eigenvalue weighted by molar-refractivity contribution is 5.93. The molecular formula is C23H31N4O3+. The van der Waals surface area contributed by atoms with Gasteiger partial charge in [0.2, 0.25) is 0 Å². The second-order valence-electron chi connectivity index (χ2n) is 7.99. The molecule has 4 rings (SSSR count). The molecule has 0 saturated carbocycles. The van der Waals surface area contributed by atoms with E-state index in [2.05, 4.69) is 27.2 Å². The average Bonchev–Trinajstić information content (AvgIpc) is 2.80. The van der Waals surface area contributed by atoms with E-state index in [1.165, 1.54) is 4.90 Å². The molecule has 7 heteroatoms. The molecule has 2 fully saturated rings. The summed E-state index contributed by atoms with van der Waals surface area (Å²) in [4.78, 5) is 18.5. The normalized spacial score (nSPS) is 18.8. The number of phenolic OH excluding ortho intramolecular Hbond substituents is 1. The number of carbonyl (C=O) groups excluding carboxylic acids is 1. The van der Waals surface area contributed by atoms with Gasteiger partial charge in [0.25, 0.3) is 5.91 Å². The first kappa shape index (κ1) is 20.5. The summed E-state index contributed by atoms with van der Waals surface area (Å²) in [5.74, 6) is 0.354. The first-order valence-electron chi connectivity index (χ1n) is 10.7. The van der Waals surface area contributed by atoms with Gasteiger partial charge in [-0.1, -0.05) is 12.1 Å². The maximum atomic E-state index is 12.8. The Kier molecular flexibility index (Phi) is 6.40. The Bertz CT molecular complexity index is 844. The molecule has 3 N–H and O–H groups in total. The molecule has 2 saturated heterocycles. The predicted molar refractivity (Wildman–Crippen MR) is 119 cm³/mol. The van der Waals surface area contributed by atoms with Gasteiger partial charge in [-0.2, -0.15) is 0 Å². The Hall–Kier alpha value is -2.77. The van der Waals surface area contributed by atoms with E-state index in [0.717, 1.165) is 69.5 Å². The highest BCUT2D eigenvalue weighted by Crippen LogP contribution is 2.26. The van der Waals surface area contributed by atoms with Gasteiger partial charge >= 0.3 is 0 Å². The van der Waals surface area contributed by atoms with Crippen LogP contribution in [-0.2, 0) is 9.53 Å². The number of rotatable bonds is 5. The fourth-order valence-electron chi connectivity index (χ4n) is 4.21. The topological polar surface area (TPSA) is 69.5 Å². The van der Waals surface area contributed by atoms with Gasteiger partial charge in [-0.15, -0.1) is 0 Å². The van der Waals surface area contributed by atoms with Crippen LogP contribution in [0.15, 0.2) is 48.5 Å². The third kappa shape index (κ3) is 4.68. The van der Waals surface area contributed by atoms with Crippen LogP contribution in [0.2, 0.25) is 0 Å². The van der Waals surface area contributed by atoms with Crippen LogP contribution in [0.25, 0.3) is 0 Å². The number of hydrogen-bond acceptors (Lipinski definition) is 5. The Balaban J connectivity index is 1.29. The first-order chi connectivity index (χ1) is 14.6. The lowest BCUT2D eigenvalue weighted by molar-refractivity contribution is -0.914. The van der Waals surface area contributed by atoms with Crippen LogP contribution in [-0.4, -0.2) is 69.5 Å². The number of morpholine rings is 1. The van der Waals surface area contributed by atoms with E-state index in [4.69, 9.17) is 4.74 Å². The van der Waals surface area contributed by atoms with Gasteiger partial charge in [0.15, 0.2) is 6.04 Å². The second-order valence-corrected chi connectivity index (χ2v) is 7.99. The van der Waals surface area contributed by atoms with E-state index in [1.54, 1.807) is 6.07 Å². The zero-order valence-electron chi connectivity index (χ0n) is 17.5. The summed E-state index contributed by atoms with van der Waals surface area (Å²) < 4.78 is 5.40. The number of ether oxygens (including phenoxy) is 1. The first-order valence-corrected chi connectivity index (χ1v) is 10.7. The Labute approximate surface area is 177 Å². The molecule has 1 atom stereocenters. The van der Waals surface area contributed by atoms with E-state index in [1.807, 2.05) is 37.3 Å². The van der Waals surface area contributed by atoms with Gasteiger partial charge in [-0.25, -0.2) is 0 Å². The van der Waals surface area contributed by atoms with Crippen molar-refractivity contribution in [3.05, 3.63) is 48.5 Å². The van der Waals surface area contributed by atoms with Crippen molar-refractivity contribution >= 4 is 23.0 Å². The van der Waals surface area contributed by atoms with Crippen LogP contribution in [0.1, 0.15) is 6.92 Å². The number of para-hydroxylation sites is 2. The molecule has 7 nitrogen and oxygen atoms in total. The predicted octanol–water partition coefficient (Wildman–Crippen LogP) is 0.961.